The number of carbonyl (C=O) groups is 8. The molecule has 8 rings (SSSR count). The van der Waals surface area contributed by atoms with Crippen LogP contribution in [-0.4, -0.2) is 150 Å². The van der Waals surface area contributed by atoms with Crippen molar-refractivity contribution < 1.29 is 38.4 Å². The summed E-state index contributed by atoms with van der Waals surface area (Å²) in [6.07, 6.45) is 13.1. The summed E-state index contributed by atoms with van der Waals surface area (Å²) in [5.74, 6) is -1.72. The molecule has 4 aromatic rings. The monoisotopic (exact) mass is 1150 g/mol. The predicted octanol–water partition coefficient (Wildman–Crippen LogP) is 8.03. The van der Waals surface area contributed by atoms with Crippen LogP contribution in [0.15, 0.2) is 109 Å². The fourth-order valence-corrected chi connectivity index (χ4v) is 12.9. The quantitative estimate of drug-likeness (QED) is 0.0435. The van der Waals surface area contributed by atoms with Gasteiger partial charge in [-0.05, 0) is 143 Å². The summed E-state index contributed by atoms with van der Waals surface area (Å²) >= 11 is 0. The van der Waals surface area contributed by atoms with E-state index in [2.05, 4.69) is 21.3 Å². The molecule has 84 heavy (non-hydrogen) atoms. The molecule has 6 atom stereocenters. The Bertz CT molecular complexity index is 2640. The lowest BCUT2D eigenvalue weighted by Crippen LogP contribution is -2.56. The van der Waals surface area contributed by atoms with Crippen molar-refractivity contribution in [3.05, 3.63) is 131 Å². The van der Waals surface area contributed by atoms with Gasteiger partial charge >= 0.3 is 0 Å². The minimum atomic E-state index is -0.586. The second kappa shape index (κ2) is 31.1. The van der Waals surface area contributed by atoms with Gasteiger partial charge in [0.05, 0.1) is 19.1 Å². The maximum absolute atomic E-state index is 14.4. The minimum absolute atomic E-state index is 0.0184. The summed E-state index contributed by atoms with van der Waals surface area (Å²) in [7, 11) is 1.76. The molecule has 4 fully saturated rings. The zero-order chi connectivity index (χ0) is 59.5. The van der Waals surface area contributed by atoms with E-state index in [0.717, 1.165) is 99.3 Å². The summed E-state index contributed by atoms with van der Waals surface area (Å²) in [4.78, 5) is 118. The molecule has 16 heteroatoms. The Morgan fingerprint density at radius 1 is 0.548 bits per heavy atom. The van der Waals surface area contributed by atoms with E-state index in [1.54, 1.807) is 41.1 Å². The highest BCUT2D eigenvalue weighted by molar-refractivity contribution is 5.98. The third kappa shape index (κ3) is 17.0. The first kappa shape index (κ1) is 62.8. The van der Waals surface area contributed by atoms with Gasteiger partial charge in [0, 0.05) is 80.7 Å². The number of amides is 7. The molecule has 0 aromatic heterocycles. The molecular formula is C68H90N8O8. The molecule has 2 saturated carbocycles. The van der Waals surface area contributed by atoms with Crippen LogP contribution in [0.25, 0.3) is 11.1 Å². The molecule has 16 nitrogen and oxygen atoms in total. The maximum Gasteiger partial charge on any atom is 0.251 e. The van der Waals surface area contributed by atoms with Gasteiger partial charge in [-0.25, -0.2) is 0 Å². The summed E-state index contributed by atoms with van der Waals surface area (Å²) in [5, 5.41) is 11.9. The molecule has 2 heterocycles. The molecule has 4 N–H and O–H groups in total. The molecule has 0 unspecified atom stereocenters. The fraction of sp³-hybridized carbons (Fsp3) is 0.529. The number of likely N-dealkylation sites (tertiary alicyclic amines) is 2. The van der Waals surface area contributed by atoms with Gasteiger partial charge in [-0.2, -0.15) is 0 Å². The second-order valence-electron chi connectivity index (χ2n) is 24.0. The molecule has 2 aliphatic heterocycles. The van der Waals surface area contributed by atoms with Gasteiger partial charge in [-0.3, -0.25) is 38.4 Å². The van der Waals surface area contributed by atoms with E-state index in [1.807, 2.05) is 116 Å². The number of hydrogen-bond acceptors (Lipinski definition) is 9. The summed E-state index contributed by atoms with van der Waals surface area (Å²) in [6, 6.07) is 32.6. The van der Waals surface area contributed by atoms with E-state index in [-0.39, 0.29) is 96.6 Å². The zero-order valence-electron chi connectivity index (χ0n) is 50.0. The molecule has 4 aliphatic rings. The molecule has 7 amide bonds. The van der Waals surface area contributed by atoms with Crippen molar-refractivity contribution in [2.24, 2.45) is 23.7 Å². The average molecular weight is 1150 g/mol. The number of carbonyl (C=O) groups excluding carboxylic acids is 8. The number of likely N-dealkylation sites (N-methyl/N-ethyl adjacent to an activating group) is 1. The highest BCUT2D eigenvalue weighted by Gasteiger charge is 2.42. The lowest BCUT2D eigenvalue weighted by Gasteiger charge is -2.35. The standard InChI is InChI=1S/C68H90N8O8/c1-5-47(2)64(80)72-63(54-24-14-15-25-54)68(84)76-39-17-27-58(76)46-74(41-37-50-20-10-7-11-21-50)62(79)44-71-66(82)56-34-30-52(31-35-56)51-28-32-55(33-29-51)65(81)70-43-61(78)73(40-36-49-18-8-6-9-19-49)45-57-26-16-38-75(57)67(83)59(53-22-12-13-23-53)42-60(77)48(3)69-4/h6-11,18-21,28-35,47-48,53-54,57-59,63,69H,5,12-17,22-27,36-46H2,1-4H3,(H,70,81)(H,71,82)(H,72,80)/t47-,48+,57+,58+,59+,63+/m1/s1. The summed E-state index contributed by atoms with van der Waals surface area (Å²) in [5.41, 5.74) is 4.52. The lowest BCUT2D eigenvalue weighted by molar-refractivity contribution is -0.142. The van der Waals surface area contributed by atoms with Crippen LogP contribution in [0.5, 0.6) is 0 Å². The smallest absolute Gasteiger partial charge is 0.251 e. The Morgan fingerprint density at radius 3 is 1.43 bits per heavy atom. The average Bonchev–Trinajstić information content (AvgIpc) is 4.45. The normalized spacial score (nSPS) is 18.6. The van der Waals surface area contributed by atoms with Crippen molar-refractivity contribution in [3.63, 3.8) is 0 Å². The summed E-state index contributed by atoms with van der Waals surface area (Å²) in [6.45, 7) is 7.87. The van der Waals surface area contributed by atoms with Gasteiger partial charge in [0.15, 0.2) is 0 Å². The van der Waals surface area contributed by atoms with Crippen LogP contribution in [0.4, 0.5) is 0 Å². The number of Topliss-reactive ketones (excluding diaryl/α,β-unsaturated/α-hetero) is 1. The highest BCUT2D eigenvalue weighted by Crippen LogP contribution is 2.37. The topological polar surface area (TPSA) is 198 Å². The largest absolute Gasteiger partial charge is 0.344 e. The predicted molar refractivity (Wildman–Crippen MR) is 326 cm³/mol. The number of nitrogens with one attached hydrogen (secondary N) is 4. The molecule has 2 aliphatic carbocycles. The van der Waals surface area contributed by atoms with Crippen molar-refractivity contribution in [3.8, 4) is 11.1 Å². The highest BCUT2D eigenvalue weighted by atomic mass is 16.2. The summed E-state index contributed by atoms with van der Waals surface area (Å²) < 4.78 is 0. The van der Waals surface area contributed by atoms with Gasteiger partial charge in [-0.15, -0.1) is 0 Å². The Hall–Kier alpha value is -7.20. The van der Waals surface area contributed by atoms with Gasteiger partial charge in [0.1, 0.15) is 11.8 Å². The molecule has 450 valence electrons. The van der Waals surface area contributed by atoms with Gasteiger partial charge < -0.3 is 40.9 Å². The molecule has 2 saturated heterocycles. The van der Waals surface area contributed by atoms with Crippen molar-refractivity contribution in [2.75, 3.05) is 59.4 Å². The van der Waals surface area contributed by atoms with Crippen LogP contribution in [0.2, 0.25) is 0 Å². The third-order valence-electron chi connectivity index (χ3n) is 18.5. The van der Waals surface area contributed by atoms with Crippen LogP contribution < -0.4 is 21.3 Å². The SMILES string of the molecule is CC[C@@H](C)C(=O)N[C@H](C(=O)N1CCC[C@H]1CN(CCc1ccccc1)C(=O)CNC(=O)c1ccc(-c2ccc(C(=O)NCC(=O)N(CCc3ccccc3)C[C@@H]3CCCN3C(=O)[C@@H](CC(=O)[C@H](C)NC)C3CCCC3)cc2)cc1)C1CCCC1. The number of ketones is 1. The third-order valence-corrected chi connectivity index (χ3v) is 18.5. The van der Waals surface area contributed by atoms with Crippen LogP contribution >= 0.6 is 0 Å². The minimum Gasteiger partial charge on any atom is -0.344 e. The lowest BCUT2D eigenvalue weighted by atomic mass is 9.84. The van der Waals surface area contributed by atoms with E-state index in [0.29, 0.717) is 69.7 Å². The Labute approximate surface area is 497 Å². The number of hydrogen-bond donors (Lipinski definition) is 4. The van der Waals surface area contributed by atoms with Crippen LogP contribution in [-0.2, 0) is 41.6 Å². The first-order valence-electron chi connectivity index (χ1n) is 31.2. The second-order valence-corrected chi connectivity index (χ2v) is 24.0. The Morgan fingerprint density at radius 2 is 0.988 bits per heavy atom. The van der Waals surface area contributed by atoms with E-state index < -0.39 is 17.9 Å². The Balaban J connectivity index is 0.859. The Kier molecular flexibility index (Phi) is 23.3. The fourth-order valence-electron chi connectivity index (χ4n) is 12.9. The maximum atomic E-state index is 14.4. The van der Waals surface area contributed by atoms with Crippen molar-refractivity contribution in [2.45, 2.75) is 148 Å². The number of nitrogens with zero attached hydrogens (tertiary/aromatic N) is 4. The van der Waals surface area contributed by atoms with Crippen molar-refractivity contribution in [1.29, 1.82) is 0 Å². The first-order valence-corrected chi connectivity index (χ1v) is 31.2. The van der Waals surface area contributed by atoms with E-state index >= 15 is 0 Å². The van der Waals surface area contributed by atoms with E-state index in [4.69, 9.17) is 0 Å². The van der Waals surface area contributed by atoms with Crippen LogP contribution in [0.3, 0.4) is 0 Å². The van der Waals surface area contributed by atoms with E-state index in [1.165, 1.54) is 0 Å². The van der Waals surface area contributed by atoms with Crippen molar-refractivity contribution >= 4 is 47.1 Å². The molecular weight excluding hydrogens is 1060 g/mol. The zero-order valence-corrected chi connectivity index (χ0v) is 50.0. The van der Waals surface area contributed by atoms with Crippen molar-refractivity contribution in [1.82, 2.24) is 40.9 Å². The molecule has 0 radical (unpaired) electrons. The molecule has 0 spiro atoms. The van der Waals surface area contributed by atoms with Gasteiger partial charge in [-0.1, -0.05) is 124 Å². The van der Waals surface area contributed by atoms with Gasteiger partial charge in [0.2, 0.25) is 29.5 Å². The van der Waals surface area contributed by atoms with E-state index in [9.17, 15) is 38.4 Å². The molecule has 0 bridgehead atoms. The molecule has 4 aromatic carbocycles. The van der Waals surface area contributed by atoms with Crippen LogP contribution in [0.1, 0.15) is 143 Å². The number of rotatable bonds is 28. The first-order chi connectivity index (χ1) is 40.7. The van der Waals surface area contributed by atoms with Crippen LogP contribution in [0, 0.1) is 23.7 Å². The number of benzene rings is 4. The van der Waals surface area contributed by atoms with Gasteiger partial charge in [0.25, 0.3) is 11.8 Å².